The van der Waals surface area contributed by atoms with Crippen molar-refractivity contribution in [3.05, 3.63) is 16.1 Å². The Labute approximate surface area is 129 Å². The lowest BCUT2D eigenvalue weighted by Gasteiger charge is -2.35. The highest BCUT2D eigenvalue weighted by atomic mass is 35.5. The van der Waals surface area contributed by atoms with E-state index in [0.717, 1.165) is 6.42 Å². The molecule has 0 spiro atoms. The molecule has 0 radical (unpaired) electrons. The van der Waals surface area contributed by atoms with Crippen LogP contribution in [0.3, 0.4) is 0 Å². The zero-order valence-electron chi connectivity index (χ0n) is 11.2. The third-order valence-corrected chi connectivity index (χ3v) is 4.78. The molecule has 0 amide bonds. The molecular weight excluding hydrogens is 301 g/mol. The van der Waals surface area contributed by atoms with E-state index in [4.69, 9.17) is 35.4 Å². The summed E-state index contributed by atoms with van der Waals surface area (Å²) in [6.45, 7) is 4.54. The molecule has 0 saturated heterocycles. The van der Waals surface area contributed by atoms with Gasteiger partial charge in [-0.15, -0.1) is 0 Å². The van der Waals surface area contributed by atoms with Crippen LogP contribution in [-0.4, -0.2) is 21.0 Å². The van der Waals surface area contributed by atoms with E-state index in [1.165, 1.54) is 19.3 Å². The van der Waals surface area contributed by atoms with Gasteiger partial charge in [0.05, 0.1) is 0 Å². The number of aromatic amines is 1. The minimum Gasteiger partial charge on any atom is -0.370 e. The number of rotatable bonds is 3. The molecule has 1 heterocycles. The van der Waals surface area contributed by atoms with Crippen LogP contribution in [-0.2, 0) is 0 Å². The average molecular weight is 320 g/mol. The average Bonchev–Trinajstić information content (AvgIpc) is 2.70. The van der Waals surface area contributed by atoms with Crippen LogP contribution in [0.25, 0.3) is 0 Å². The fourth-order valence-electron chi connectivity index (χ4n) is 2.81. The van der Waals surface area contributed by atoms with Gasteiger partial charge in [-0.05, 0) is 24.7 Å². The molecule has 1 saturated carbocycles. The molecule has 3 nitrogen and oxygen atoms in total. The first kappa shape index (κ1) is 15.1. The van der Waals surface area contributed by atoms with Crippen molar-refractivity contribution in [1.29, 1.82) is 0 Å². The molecule has 1 aliphatic rings. The lowest BCUT2D eigenvalue weighted by atomic mass is 9.78. The van der Waals surface area contributed by atoms with Gasteiger partial charge in [0.25, 0.3) is 0 Å². The van der Waals surface area contributed by atoms with Crippen molar-refractivity contribution >= 4 is 40.4 Å². The summed E-state index contributed by atoms with van der Waals surface area (Å²) < 4.78 is 0. The first-order valence-corrected chi connectivity index (χ1v) is 7.87. The maximum absolute atomic E-state index is 5.86. The van der Waals surface area contributed by atoms with Crippen LogP contribution in [0, 0.1) is 11.8 Å². The van der Waals surface area contributed by atoms with Crippen LogP contribution in [0.2, 0.25) is 10.3 Å². The van der Waals surface area contributed by atoms with E-state index in [-0.39, 0.29) is 5.15 Å². The summed E-state index contributed by atoms with van der Waals surface area (Å²) in [7, 11) is 0. The van der Waals surface area contributed by atoms with Gasteiger partial charge in [-0.1, -0.05) is 62.1 Å². The molecule has 0 aliphatic heterocycles. The summed E-state index contributed by atoms with van der Waals surface area (Å²) >= 11 is 17.1. The molecule has 1 aromatic heterocycles. The number of aromatic nitrogens is 2. The second kappa shape index (κ2) is 6.42. The molecule has 2 N–H and O–H groups in total. The second-order valence-electron chi connectivity index (χ2n) is 5.46. The lowest BCUT2D eigenvalue weighted by molar-refractivity contribution is 0.225. The molecule has 106 valence electrons. The van der Waals surface area contributed by atoms with E-state index in [0.29, 0.717) is 33.8 Å². The van der Waals surface area contributed by atoms with Crippen molar-refractivity contribution in [2.24, 2.45) is 11.8 Å². The molecule has 19 heavy (non-hydrogen) atoms. The fraction of sp³-hybridized carbons (Fsp3) is 0.692. The number of H-pyrrole nitrogens is 1. The van der Waals surface area contributed by atoms with Gasteiger partial charge in [0.2, 0.25) is 0 Å². The minimum atomic E-state index is 0.268. The van der Waals surface area contributed by atoms with E-state index in [2.05, 4.69) is 29.1 Å². The van der Waals surface area contributed by atoms with Gasteiger partial charge < -0.3 is 10.3 Å². The van der Waals surface area contributed by atoms with Crippen LogP contribution in [0.1, 0.15) is 45.4 Å². The van der Waals surface area contributed by atoms with Gasteiger partial charge in [-0.25, -0.2) is 4.98 Å². The second-order valence-corrected chi connectivity index (χ2v) is 6.61. The summed E-state index contributed by atoms with van der Waals surface area (Å²) in [5, 5.41) is 4.03. The Hall–Kier alpha value is -0.320. The Morgan fingerprint density at radius 3 is 2.63 bits per heavy atom. The van der Waals surface area contributed by atoms with Gasteiger partial charge >= 0.3 is 0 Å². The Morgan fingerprint density at radius 1 is 1.37 bits per heavy atom. The first-order chi connectivity index (χ1) is 8.99. The zero-order chi connectivity index (χ0) is 14.0. The predicted octanol–water partition coefficient (Wildman–Crippen LogP) is 4.20. The van der Waals surface area contributed by atoms with E-state index in [1.54, 1.807) is 0 Å². The van der Waals surface area contributed by atoms with Crippen molar-refractivity contribution in [1.82, 2.24) is 15.3 Å². The van der Waals surface area contributed by atoms with E-state index < -0.39 is 0 Å². The minimum absolute atomic E-state index is 0.268. The number of nitrogens with one attached hydrogen (secondary N) is 2. The largest absolute Gasteiger partial charge is 0.370 e. The topological polar surface area (TPSA) is 40.7 Å². The highest BCUT2D eigenvalue weighted by Crippen LogP contribution is 2.30. The molecular formula is C13H19Cl2N3S. The fourth-order valence-corrected chi connectivity index (χ4v) is 3.32. The molecule has 6 heteroatoms. The number of hydrogen-bond donors (Lipinski definition) is 2. The first-order valence-electron chi connectivity index (χ1n) is 6.71. The van der Waals surface area contributed by atoms with Crippen molar-refractivity contribution in [2.75, 3.05) is 0 Å². The zero-order valence-corrected chi connectivity index (χ0v) is 13.5. The molecule has 1 fully saturated rings. The van der Waals surface area contributed by atoms with Crippen molar-refractivity contribution in [3.63, 3.8) is 0 Å². The monoisotopic (exact) mass is 319 g/mol. The molecule has 1 aliphatic carbocycles. The van der Waals surface area contributed by atoms with Crippen molar-refractivity contribution < 1.29 is 0 Å². The number of nitrogens with zero attached hydrogens (tertiary/aromatic N) is 1. The molecule has 0 unspecified atom stereocenters. The number of thiocarbonyl (C=S) groups is 1. The molecule has 0 bridgehead atoms. The SMILES string of the molecule is CC(C)[C@@H]1CCCC[C@H]1NC(=S)c1nc(Cl)c(Cl)[nH]1. The van der Waals surface area contributed by atoms with Gasteiger partial charge in [-0.3, -0.25) is 0 Å². The van der Waals surface area contributed by atoms with Crippen LogP contribution in [0.4, 0.5) is 0 Å². The predicted molar refractivity (Wildman–Crippen MR) is 84.0 cm³/mol. The van der Waals surface area contributed by atoms with E-state index in [1.807, 2.05) is 0 Å². The summed E-state index contributed by atoms with van der Waals surface area (Å²) in [5.74, 6) is 1.87. The Balaban J connectivity index is 2.04. The summed E-state index contributed by atoms with van der Waals surface area (Å²) in [4.78, 5) is 7.62. The maximum Gasteiger partial charge on any atom is 0.167 e. The van der Waals surface area contributed by atoms with E-state index in [9.17, 15) is 0 Å². The Bertz CT molecular complexity index is 439. The van der Waals surface area contributed by atoms with Gasteiger partial charge in [0, 0.05) is 6.04 Å². The van der Waals surface area contributed by atoms with Crippen molar-refractivity contribution in [3.8, 4) is 0 Å². The Kier molecular flexibility index (Phi) is 5.09. The maximum atomic E-state index is 5.86. The number of hydrogen-bond acceptors (Lipinski definition) is 2. The normalized spacial score (nSPS) is 23.6. The quantitative estimate of drug-likeness (QED) is 0.820. The molecule has 1 aromatic rings. The highest BCUT2D eigenvalue weighted by Gasteiger charge is 2.28. The third kappa shape index (κ3) is 3.61. The molecule has 2 atom stereocenters. The summed E-state index contributed by atoms with van der Waals surface area (Å²) in [6, 6.07) is 0.420. The lowest BCUT2D eigenvalue weighted by Crippen LogP contribution is -2.43. The highest BCUT2D eigenvalue weighted by molar-refractivity contribution is 7.80. The van der Waals surface area contributed by atoms with Crippen LogP contribution >= 0.6 is 35.4 Å². The van der Waals surface area contributed by atoms with Crippen molar-refractivity contribution in [2.45, 2.75) is 45.6 Å². The number of halogens is 2. The molecule has 2 rings (SSSR count). The van der Waals surface area contributed by atoms with Gasteiger partial charge in [0.1, 0.15) is 10.1 Å². The smallest absolute Gasteiger partial charge is 0.167 e. The third-order valence-electron chi connectivity index (χ3n) is 3.83. The summed E-state index contributed by atoms with van der Waals surface area (Å²) in [6.07, 6.45) is 4.98. The van der Waals surface area contributed by atoms with E-state index >= 15 is 0 Å². The van der Waals surface area contributed by atoms with Crippen LogP contribution in [0.15, 0.2) is 0 Å². The van der Waals surface area contributed by atoms with Gasteiger partial charge in [-0.2, -0.15) is 0 Å². The standard InChI is InChI=1S/C13H19Cl2N3S/c1-7(2)8-5-3-4-6-9(8)16-13(19)12-17-10(14)11(15)18-12/h7-9H,3-6H2,1-2H3,(H,16,19)(H,17,18)/t8-,9+/m0/s1. The summed E-state index contributed by atoms with van der Waals surface area (Å²) in [5.41, 5.74) is 0. The van der Waals surface area contributed by atoms with Crippen LogP contribution < -0.4 is 5.32 Å². The molecule has 0 aromatic carbocycles. The number of imidazole rings is 1. The van der Waals surface area contributed by atoms with Gasteiger partial charge in [0.15, 0.2) is 11.0 Å². The Morgan fingerprint density at radius 2 is 2.05 bits per heavy atom. The van der Waals surface area contributed by atoms with Crippen LogP contribution in [0.5, 0.6) is 0 Å².